The second-order valence-corrected chi connectivity index (χ2v) is 6.56. The molecule has 1 aromatic heterocycles. The molecule has 3 rings (SSSR count). The van der Waals surface area contributed by atoms with Gasteiger partial charge in [-0.25, -0.2) is 4.79 Å². The average Bonchev–Trinajstić information content (AvgIpc) is 3.33. The van der Waals surface area contributed by atoms with Crippen LogP contribution < -0.4 is 5.32 Å². The Kier molecular flexibility index (Phi) is 6.67. The zero-order valence-corrected chi connectivity index (χ0v) is 15.5. The quantitative estimate of drug-likeness (QED) is 0.741. The van der Waals surface area contributed by atoms with Crippen LogP contribution in [0.25, 0.3) is 0 Å². The number of ether oxygens (including phenoxy) is 2. The average molecular weight is 374 g/mol. The van der Waals surface area contributed by atoms with Gasteiger partial charge in [0.1, 0.15) is 5.75 Å². The Hall–Kier alpha value is -2.58. The van der Waals surface area contributed by atoms with Crippen molar-refractivity contribution in [2.75, 3.05) is 32.2 Å². The summed E-state index contributed by atoms with van der Waals surface area (Å²) in [5.74, 6) is 0.176. The maximum Gasteiger partial charge on any atom is 0.322 e. The number of rotatable bonds is 8. The van der Waals surface area contributed by atoms with Gasteiger partial charge in [0.25, 0.3) is 0 Å². The fraction of sp³-hybridized carbons (Fsp3) is 0.474. The number of nitrogens with zero attached hydrogens (tertiary/aromatic N) is 3. The van der Waals surface area contributed by atoms with Gasteiger partial charge in [0, 0.05) is 32.0 Å². The van der Waals surface area contributed by atoms with Crippen LogP contribution in [-0.4, -0.2) is 58.8 Å². The molecule has 1 aromatic carbocycles. The van der Waals surface area contributed by atoms with E-state index in [2.05, 4.69) is 10.4 Å². The summed E-state index contributed by atoms with van der Waals surface area (Å²) in [6.45, 7) is 2.66. The summed E-state index contributed by atoms with van der Waals surface area (Å²) < 4.78 is 12.4. The number of hydrogen-bond donors (Lipinski definition) is 2. The van der Waals surface area contributed by atoms with Gasteiger partial charge in [-0.2, -0.15) is 5.10 Å². The third-order valence-electron chi connectivity index (χ3n) is 4.50. The largest absolute Gasteiger partial charge is 0.508 e. The molecule has 0 aliphatic carbocycles. The highest BCUT2D eigenvalue weighted by molar-refractivity contribution is 5.89. The highest BCUT2D eigenvalue weighted by atomic mass is 16.5. The predicted molar refractivity (Wildman–Crippen MR) is 101 cm³/mol. The molecule has 1 aliphatic heterocycles. The lowest BCUT2D eigenvalue weighted by Crippen LogP contribution is -2.39. The SMILES string of the molecule is COCCn1cc(NC(=O)N(Cc2ccccc2O)CC2CCCO2)cn1. The lowest BCUT2D eigenvalue weighted by Gasteiger charge is -2.26. The molecular formula is C19H26N4O4. The second kappa shape index (κ2) is 9.38. The number of anilines is 1. The van der Waals surface area contributed by atoms with Gasteiger partial charge in [-0.1, -0.05) is 18.2 Å². The van der Waals surface area contributed by atoms with Crippen molar-refractivity contribution in [3.05, 3.63) is 42.2 Å². The van der Waals surface area contributed by atoms with E-state index >= 15 is 0 Å². The standard InChI is InChI=1S/C19H26N4O4/c1-26-10-8-23-13-16(11-20-23)21-19(25)22(14-17-6-4-9-27-17)12-15-5-2-3-7-18(15)24/h2-3,5,7,11,13,17,24H,4,6,8-10,12,14H2,1H3,(H,21,25). The molecule has 146 valence electrons. The molecule has 2 heterocycles. The molecule has 8 nitrogen and oxygen atoms in total. The Morgan fingerprint density at radius 3 is 3.07 bits per heavy atom. The summed E-state index contributed by atoms with van der Waals surface area (Å²) in [6.07, 6.45) is 5.33. The van der Waals surface area contributed by atoms with Crippen LogP contribution in [0.3, 0.4) is 0 Å². The number of amides is 2. The van der Waals surface area contributed by atoms with Gasteiger partial charge in [0.2, 0.25) is 0 Å². The van der Waals surface area contributed by atoms with Gasteiger partial charge >= 0.3 is 6.03 Å². The van der Waals surface area contributed by atoms with Crippen molar-refractivity contribution in [2.45, 2.75) is 32.0 Å². The number of carbonyl (C=O) groups is 1. The fourth-order valence-corrected chi connectivity index (χ4v) is 3.04. The number of phenols is 1. The van der Waals surface area contributed by atoms with Crippen molar-refractivity contribution in [2.24, 2.45) is 0 Å². The Balaban J connectivity index is 1.67. The predicted octanol–water partition coefficient (Wildman–Crippen LogP) is 2.45. The van der Waals surface area contributed by atoms with E-state index in [1.807, 2.05) is 12.1 Å². The summed E-state index contributed by atoms with van der Waals surface area (Å²) in [5, 5.41) is 17.1. The summed E-state index contributed by atoms with van der Waals surface area (Å²) in [4.78, 5) is 14.5. The molecule has 0 radical (unpaired) electrons. The van der Waals surface area contributed by atoms with Crippen molar-refractivity contribution in [1.82, 2.24) is 14.7 Å². The van der Waals surface area contributed by atoms with Crippen molar-refractivity contribution in [1.29, 1.82) is 0 Å². The topological polar surface area (TPSA) is 88.9 Å². The molecule has 0 saturated carbocycles. The smallest absolute Gasteiger partial charge is 0.322 e. The van der Waals surface area contributed by atoms with Crippen LogP contribution >= 0.6 is 0 Å². The van der Waals surface area contributed by atoms with Gasteiger partial charge in [0.15, 0.2) is 0 Å². The van der Waals surface area contributed by atoms with Crippen molar-refractivity contribution in [3.63, 3.8) is 0 Å². The zero-order chi connectivity index (χ0) is 19.1. The van der Waals surface area contributed by atoms with Gasteiger partial charge in [-0.15, -0.1) is 0 Å². The Labute approximate surface area is 158 Å². The number of aromatic hydroxyl groups is 1. The lowest BCUT2D eigenvalue weighted by molar-refractivity contribution is 0.0817. The molecule has 0 bridgehead atoms. The highest BCUT2D eigenvalue weighted by Crippen LogP contribution is 2.21. The summed E-state index contributed by atoms with van der Waals surface area (Å²) in [7, 11) is 1.63. The van der Waals surface area contributed by atoms with E-state index < -0.39 is 0 Å². The van der Waals surface area contributed by atoms with Crippen molar-refractivity contribution < 1.29 is 19.4 Å². The second-order valence-electron chi connectivity index (χ2n) is 6.56. The normalized spacial score (nSPS) is 16.4. The highest BCUT2D eigenvalue weighted by Gasteiger charge is 2.24. The zero-order valence-electron chi connectivity index (χ0n) is 15.5. The number of aromatic nitrogens is 2. The first kappa shape index (κ1) is 19.2. The third-order valence-corrected chi connectivity index (χ3v) is 4.50. The molecule has 2 N–H and O–H groups in total. The first-order valence-electron chi connectivity index (χ1n) is 9.11. The van der Waals surface area contributed by atoms with Crippen LogP contribution in [0.1, 0.15) is 18.4 Å². The summed E-state index contributed by atoms with van der Waals surface area (Å²) >= 11 is 0. The molecule has 1 saturated heterocycles. The van der Waals surface area contributed by atoms with Crippen molar-refractivity contribution >= 4 is 11.7 Å². The molecule has 1 aliphatic rings. The van der Waals surface area contributed by atoms with Crippen LogP contribution in [0.4, 0.5) is 10.5 Å². The van der Waals surface area contributed by atoms with Gasteiger partial charge in [-0.05, 0) is 18.9 Å². The Morgan fingerprint density at radius 2 is 2.33 bits per heavy atom. The van der Waals surface area contributed by atoms with Crippen LogP contribution in [0.5, 0.6) is 5.75 Å². The molecule has 2 aromatic rings. The van der Waals surface area contributed by atoms with E-state index in [0.717, 1.165) is 19.4 Å². The monoisotopic (exact) mass is 374 g/mol. The van der Waals surface area contributed by atoms with E-state index in [1.165, 1.54) is 0 Å². The first-order valence-corrected chi connectivity index (χ1v) is 9.11. The van der Waals surface area contributed by atoms with E-state index in [-0.39, 0.29) is 17.9 Å². The number of urea groups is 1. The third kappa shape index (κ3) is 5.45. The Bertz CT molecular complexity index is 743. The summed E-state index contributed by atoms with van der Waals surface area (Å²) in [5.41, 5.74) is 1.31. The molecule has 1 unspecified atom stereocenters. The maximum absolute atomic E-state index is 12.9. The van der Waals surface area contributed by atoms with E-state index in [1.54, 1.807) is 41.2 Å². The fourth-order valence-electron chi connectivity index (χ4n) is 3.04. The van der Waals surface area contributed by atoms with E-state index in [0.29, 0.717) is 37.5 Å². The van der Waals surface area contributed by atoms with Crippen LogP contribution in [0.15, 0.2) is 36.7 Å². The van der Waals surface area contributed by atoms with Gasteiger partial charge in [-0.3, -0.25) is 4.68 Å². The van der Waals surface area contributed by atoms with E-state index in [4.69, 9.17) is 9.47 Å². The maximum atomic E-state index is 12.9. The molecule has 27 heavy (non-hydrogen) atoms. The number of methoxy groups -OCH3 is 1. The minimum absolute atomic E-state index is 0.0195. The number of para-hydroxylation sites is 1. The molecule has 1 atom stereocenters. The van der Waals surface area contributed by atoms with Crippen LogP contribution in [-0.2, 0) is 22.6 Å². The molecule has 2 amide bonds. The minimum Gasteiger partial charge on any atom is -0.508 e. The lowest BCUT2D eigenvalue weighted by atomic mass is 10.1. The number of phenolic OH excluding ortho intramolecular Hbond substituents is 1. The molecule has 0 spiro atoms. The summed E-state index contributed by atoms with van der Waals surface area (Å²) in [6, 6.07) is 6.79. The first-order chi connectivity index (χ1) is 13.2. The number of carbonyl (C=O) groups excluding carboxylic acids is 1. The van der Waals surface area contributed by atoms with Gasteiger partial charge in [0.05, 0.1) is 37.7 Å². The van der Waals surface area contributed by atoms with Gasteiger partial charge < -0.3 is 24.8 Å². The number of nitrogens with one attached hydrogen (secondary N) is 1. The number of hydrogen-bond acceptors (Lipinski definition) is 5. The van der Waals surface area contributed by atoms with E-state index in [9.17, 15) is 9.90 Å². The molecular weight excluding hydrogens is 348 g/mol. The van der Waals surface area contributed by atoms with Crippen LogP contribution in [0.2, 0.25) is 0 Å². The molecule has 1 fully saturated rings. The van der Waals surface area contributed by atoms with Crippen molar-refractivity contribution in [3.8, 4) is 5.75 Å². The minimum atomic E-state index is -0.250. The Morgan fingerprint density at radius 1 is 1.48 bits per heavy atom. The number of benzene rings is 1. The molecule has 8 heteroatoms. The van der Waals surface area contributed by atoms with Crippen LogP contribution in [0, 0.1) is 0 Å².